The second-order valence-electron chi connectivity index (χ2n) is 7.08. The first kappa shape index (κ1) is 14.9. The van der Waals surface area contributed by atoms with Crippen molar-refractivity contribution in [2.75, 3.05) is 4.90 Å². The second-order valence-corrected chi connectivity index (χ2v) is 7.93. The summed E-state index contributed by atoms with van der Waals surface area (Å²) in [6.07, 6.45) is 6.05. The third-order valence-electron chi connectivity index (χ3n) is 4.91. The summed E-state index contributed by atoms with van der Waals surface area (Å²) in [6, 6.07) is 3.71. The topological polar surface area (TPSA) is 46.6 Å². The van der Waals surface area contributed by atoms with Crippen molar-refractivity contribution in [2.45, 2.75) is 38.7 Å². The second kappa shape index (κ2) is 4.94. The highest BCUT2D eigenvalue weighted by molar-refractivity contribution is 9.10. The van der Waals surface area contributed by atoms with Crippen molar-refractivity contribution >= 4 is 33.4 Å². The van der Waals surface area contributed by atoms with E-state index in [1.54, 1.807) is 0 Å². The SMILES string of the molecule is CC1(C)Cc2c(Br)ccc(N3C(=O)C4CC=CCC4C3=O)c2O1. The summed E-state index contributed by atoms with van der Waals surface area (Å²) in [4.78, 5) is 27.0. The van der Waals surface area contributed by atoms with Gasteiger partial charge in [0.25, 0.3) is 0 Å². The zero-order chi connectivity index (χ0) is 16.4. The van der Waals surface area contributed by atoms with Crippen LogP contribution in [0.15, 0.2) is 28.8 Å². The lowest BCUT2D eigenvalue weighted by molar-refractivity contribution is -0.122. The zero-order valence-corrected chi connectivity index (χ0v) is 14.7. The highest BCUT2D eigenvalue weighted by Crippen LogP contribution is 2.48. The fourth-order valence-electron chi connectivity index (χ4n) is 3.82. The largest absolute Gasteiger partial charge is 0.485 e. The number of allylic oxidation sites excluding steroid dienone is 2. The molecule has 2 heterocycles. The van der Waals surface area contributed by atoms with Crippen molar-refractivity contribution in [1.82, 2.24) is 0 Å². The number of imide groups is 1. The Morgan fingerprint density at radius 2 is 1.74 bits per heavy atom. The van der Waals surface area contributed by atoms with E-state index in [0.717, 1.165) is 16.5 Å². The van der Waals surface area contributed by atoms with E-state index in [2.05, 4.69) is 15.9 Å². The number of carbonyl (C=O) groups excluding carboxylic acids is 2. The molecule has 2 amide bonds. The molecule has 2 unspecified atom stereocenters. The molecule has 3 aliphatic rings. The molecule has 1 fully saturated rings. The molecule has 5 heteroatoms. The summed E-state index contributed by atoms with van der Waals surface area (Å²) in [6.45, 7) is 4.03. The van der Waals surface area contributed by atoms with Gasteiger partial charge in [-0.25, -0.2) is 4.90 Å². The number of halogens is 1. The third kappa shape index (κ3) is 2.17. The van der Waals surface area contributed by atoms with Crippen LogP contribution in [-0.2, 0) is 16.0 Å². The van der Waals surface area contributed by atoms with Crippen molar-refractivity contribution in [3.63, 3.8) is 0 Å². The van der Waals surface area contributed by atoms with E-state index in [1.807, 2.05) is 38.1 Å². The van der Waals surface area contributed by atoms with Crippen LogP contribution in [0.2, 0.25) is 0 Å². The number of hydrogen-bond donors (Lipinski definition) is 0. The summed E-state index contributed by atoms with van der Waals surface area (Å²) in [5, 5.41) is 0. The average Bonchev–Trinajstić information content (AvgIpc) is 2.97. The number of carbonyl (C=O) groups is 2. The average molecular weight is 376 g/mol. The summed E-state index contributed by atoms with van der Waals surface area (Å²) < 4.78 is 7.04. The molecule has 0 spiro atoms. The van der Waals surface area contributed by atoms with Gasteiger partial charge in [-0.3, -0.25) is 9.59 Å². The zero-order valence-electron chi connectivity index (χ0n) is 13.1. The highest BCUT2D eigenvalue weighted by atomic mass is 79.9. The van der Waals surface area contributed by atoms with Crippen molar-refractivity contribution < 1.29 is 14.3 Å². The van der Waals surface area contributed by atoms with E-state index in [4.69, 9.17) is 4.74 Å². The molecule has 1 aliphatic carbocycles. The smallest absolute Gasteiger partial charge is 0.238 e. The Labute approximate surface area is 143 Å². The van der Waals surface area contributed by atoms with E-state index in [9.17, 15) is 9.59 Å². The maximum absolute atomic E-state index is 12.8. The fourth-order valence-corrected chi connectivity index (χ4v) is 4.27. The maximum Gasteiger partial charge on any atom is 0.238 e. The van der Waals surface area contributed by atoms with Crippen LogP contribution < -0.4 is 9.64 Å². The lowest BCUT2D eigenvalue weighted by Gasteiger charge is -2.21. The van der Waals surface area contributed by atoms with Crippen LogP contribution in [0.3, 0.4) is 0 Å². The molecule has 0 aromatic heterocycles. The van der Waals surface area contributed by atoms with Gasteiger partial charge in [-0.15, -0.1) is 0 Å². The molecule has 0 bridgehead atoms. The number of hydrogen-bond acceptors (Lipinski definition) is 3. The number of nitrogens with zero attached hydrogens (tertiary/aromatic N) is 1. The van der Waals surface area contributed by atoms with Crippen LogP contribution in [-0.4, -0.2) is 17.4 Å². The Bertz CT molecular complexity index is 727. The van der Waals surface area contributed by atoms with Crippen molar-refractivity contribution in [3.05, 3.63) is 34.3 Å². The minimum Gasteiger partial charge on any atom is -0.485 e. The van der Waals surface area contributed by atoms with E-state index in [1.165, 1.54) is 4.90 Å². The number of rotatable bonds is 1. The third-order valence-corrected chi connectivity index (χ3v) is 5.65. The number of fused-ring (bicyclic) bond motifs is 2. The lowest BCUT2D eigenvalue weighted by Crippen LogP contribution is -2.32. The Kier molecular flexibility index (Phi) is 3.21. The normalized spacial score (nSPS) is 27.9. The molecule has 0 saturated carbocycles. The molecule has 4 nitrogen and oxygen atoms in total. The van der Waals surface area contributed by atoms with Crippen LogP contribution >= 0.6 is 15.9 Å². The van der Waals surface area contributed by atoms with Crippen LogP contribution in [0.1, 0.15) is 32.3 Å². The predicted octanol–water partition coefficient (Wildman–Crippen LogP) is 3.62. The molecule has 2 atom stereocenters. The van der Waals surface area contributed by atoms with Crippen molar-refractivity contribution in [1.29, 1.82) is 0 Å². The Hall–Kier alpha value is -1.62. The van der Waals surface area contributed by atoms with Gasteiger partial charge in [0.15, 0.2) is 0 Å². The van der Waals surface area contributed by atoms with E-state index < -0.39 is 0 Å². The van der Waals surface area contributed by atoms with Gasteiger partial charge in [-0.05, 0) is 38.8 Å². The number of benzene rings is 1. The van der Waals surface area contributed by atoms with Crippen LogP contribution in [0.25, 0.3) is 0 Å². The molecule has 23 heavy (non-hydrogen) atoms. The molecule has 0 radical (unpaired) electrons. The standard InChI is InChI=1S/C18H18BrNO3/c1-18(2)9-12-13(19)7-8-14(15(12)23-18)20-16(21)10-5-3-4-6-11(10)17(20)22/h3-4,7-8,10-11H,5-6,9H2,1-2H3. The first-order chi connectivity index (χ1) is 10.9. The monoisotopic (exact) mass is 375 g/mol. The predicted molar refractivity (Wildman–Crippen MR) is 90.4 cm³/mol. The summed E-state index contributed by atoms with van der Waals surface area (Å²) >= 11 is 3.55. The summed E-state index contributed by atoms with van der Waals surface area (Å²) in [7, 11) is 0. The van der Waals surface area contributed by atoms with Gasteiger partial charge in [-0.2, -0.15) is 0 Å². The van der Waals surface area contributed by atoms with E-state index >= 15 is 0 Å². The number of anilines is 1. The Morgan fingerprint density at radius 1 is 1.13 bits per heavy atom. The van der Waals surface area contributed by atoms with Gasteiger partial charge in [-0.1, -0.05) is 28.1 Å². The molecule has 1 aromatic rings. The fraction of sp³-hybridized carbons (Fsp3) is 0.444. The quantitative estimate of drug-likeness (QED) is 0.556. The molecule has 0 N–H and O–H groups in total. The maximum atomic E-state index is 12.8. The van der Waals surface area contributed by atoms with E-state index in [0.29, 0.717) is 24.3 Å². The Balaban J connectivity index is 1.80. The van der Waals surface area contributed by atoms with Gasteiger partial charge < -0.3 is 4.74 Å². The minimum atomic E-state index is -0.332. The summed E-state index contributed by atoms with van der Waals surface area (Å²) in [5.41, 5.74) is 1.29. The van der Waals surface area contributed by atoms with Crippen LogP contribution in [0, 0.1) is 11.8 Å². The number of ether oxygens (including phenoxy) is 1. The van der Waals surface area contributed by atoms with Gasteiger partial charge in [0.1, 0.15) is 11.4 Å². The van der Waals surface area contributed by atoms with Gasteiger partial charge in [0, 0.05) is 16.5 Å². The summed E-state index contributed by atoms with van der Waals surface area (Å²) in [5.74, 6) is 0.0319. The lowest BCUT2D eigenvalue weighted by atomic mass is 9.85. The Morgan fingerprint density at radius 3 is 2.35 bits per heavy atom. The van der Waals surface area contributed by atoms with Crippen LogP contribution in [0.4, 0.5) is 5.69 Å². The van der Waals surface area contributed by atoms with Crippen LogP contribution in [0.5, 0.6) is 5.75 Å². The van der Waals surface area contributed by atoms with E-state index in [-0.39, 0.29) is 29.3 Å². The molecule has 4 rings (SSSR count). The molecular formula is C18H18BrNO3. The van der Waals surface area contributed by atoms with Crippen molar-refractivity contribution in [2.24, 2.45) is 11.8 Å². The molecule has 120 valence electrons. The van der Waals surface area contributed by atoms with Gasteiger partial charge >= 0.3 is 0 Å². The first-order valence-corrected chi connectivity index (χ1v) is 8.71. The molecular weight excluding hydrogens is 358 g/mol. The molecule has 2 aliphatic heterocycles. The van der Waals surface area contributed by atoms with Gasteiger partial charge in [0.05, 0.1) is 17.5 Å². The number of amides is 2. The minimum absolute atomic E-state index is 0.0952. The first-order valence-electron chi connectivity index (χ1n) is 7.92. The van der Waals surface area contributed by atoms with Gasteiger partial charge in [0.2, 0.25) is 11.8 Å². The van der Waals surface area contributed by atoms with Crippen molar-refractivity contribution in [3.8, 4) is 5.75 Å². The molecule has 1 aromatic carbocycles. The molecule has 1 saturated heterocycles. The highest BCUT2D eigenvalue weighted by Gasteiger charge is 2.49.